The van der Waals surface area contributed by atoms with Gasteiger partial charge in [0.05, 0.1) is 22.4 Å². The van der Waals surface area contributed by atoms with Gasteiger partial charge >= 0.3 is 6.03 Å². The van der Waals surface area contributed by atoms with Gasteiger partial charge in [-0.1, -0.05) is 24.7 Å². The van der Waals surface area contributed by atoms with Crippen LogP contribution in [-0.2, 0) is 0 Å². The smallest absolute Gasteiger partial charge is 0.321 e. The van der Waals surface area contributed by atoms with Crippen LogP contribution in [0.15, 0.2) is 12.1 Å². The molecule has 0 radical (unpaired) electrons. The van der Waals surface area contributed by atoms with E-state index in [0.717, 1.165) is 17.5 Å². The number of rotatable bonds is 6. The Bertz CT molecular complexity index is 705. The van der Waals surface area contributed by atoms with Crippen LogP contribution in [0.25, 0.3) is 10.2 Å². The van der Waals surface area contributed by atoms with E-state index in [1.54, 1.807) is 12.1 Å². The van der Waals surface area contributed by atoms with Crippen LogP contribution < -0.4 is 15.4 Å². The molecule has 1 aromatic heterocycles. The maximum Gasteiger partial charge on any atom is 0.321 e. The molecule has 116 valence electrons. The normalized spacial score (nSPS) is 10.2. The number of hydrogen-bond acceptors (Lipinski definition) is 5. The summed E-state index contributed by atoms with van der Waals surface area (Å²) in [6.45, 7) is 5.08. The molecule has 0 saturated heterocycles. The first kappa shape index (κ1) is 16.0. The number of nitrogens with one attached hydrogen (secondary N) is 2. The minimum absolute atomic E-state index is 0.306. The predicted molar refractivity (Wildman–Crippen MR) is 87.4 cm³/mol. The molecule has 0 bridgehead atoms. The molecule has 2 N–H and O–H groups in total. The van der Waals surface area contributed by atoms with E-state index in [9.17, 15) is 10.1 Å². The Kier molecular flexibility index (Phi) is 5.55. The van der Waals surface area contributed by atoms with Crippen molar-refractivity contribution in [3.8, 4) is 11.8 Å². The molecule has 1 heterocycles. The molecule has 1 aromatic carbocycles. The lowest BCUT2D eigenvalue weighted by Crippen LogP contribution is -2.28. The van der Waals surface area contributed by atoms with Crippen LogP contribution in [0.1, 0.15) is 32.3 Å². The van der Waals surface area contributed by atoms with Gasteiger partial charge < -0.3 is 10.1 Å². The molecule has 0 saturated carbocycles. The van der Waals surface area contributed by atoms with Crippen molar-refractivity contribution in [1.82, 2.24) is 10.3 Å². The maximum atomic E-state index is 11.5. The molecule has 0 fully saturated rings. The number of anilines is 1. The predicted octanol–water partition coefficient (Wildman–Crippen LogP) is 3.49. The molecule has 6 nitrogen and oxygen atoms in total. The quantitative estimate of drug-likeness (QED) is 0.798. The van der Waals surface area contributed by atoms with E-state index in [0.29, 0.717) is 35.1 Å². The fourth-order valence-electron chi connectivity index (χ4n) is 1.86. The van der Waals surface area contributed by atoms with Gasteiger partial charge in [0.15, 0.2) is 5.13 Å². The molecule has 2 rings (SSSR count). The topological polar surface area (TPSA) is 87.0 Å². The molecule has 0 aliphatic rings. The van der Waals surface area contributed by atoms with Gasteiger partial charge in [-0.15, -0.1) is 0 Å². The number of fused-ring (bicyclic) bond motifs is 1. The van der Waals surface area contributed by atoms with Crippen molar-refractivity contribution < 1.29 is 9.53 Å². The van der Waals surface area contributed by atoms with Crippen LogP contribution in [0.3, 0.4) is 0 Å². The zero-order chi connectivity index (χ0) is 15.9. The molecule has 0 spiro atoms. The van der Waals surface area contributed by atoms with E-state index in [4.69, 9.17) is 4.74 Å². The summed E-state index contributed by atoms with van der Waals surface area (Å²) >= 11 is 1.28. The molecule has 2 amide bonds. The minimum atomic E-state index is -0.306. The summed E-state index contributed by atoms with van der Waals surface area (Å²) < 4.78 is 6.39. The van der Waals surface area contributed by atoms with E-state index in [-0.39, 0.29) is 6.03 Å². The summed E-state index contributed by atoms with van der Waals surface area (Å²) in [5.74, 6) is 0.632. The fraction of sp³-hybridized carbons (Fsp3) is 0.400. The standard InChI is InChI=1S/C15H18N4O2S/c1-3-5-6-21-11-7-10(9-16)13-12(8-11)18-15(22-13)19-14(20)17-4-2/h7-8H,3-6H2,1-2H3,(H2,17,18,19,20). The van der Waals surface area contributed by atoms with E-state index < -0.39 is 0 Å². The summed E-state index contributed by atoms with van der Waals surface area (Å²) in [6, 6.07) is 5.36. The minimum Gasteiger partial charge on any atom is -0.493 e. The first-order valence-electron chi connectivity index (χ1n) is 7.20. The number of ether oxygens (including phenoxy) is 1. The SMILES string of the molecule is CCCCOc1cc(C#N)c2sc(NC(=O)NCC)nc2c1. The summed E-state index contributed by atoms with van der Waals surface area (Å²) in [4.78, 5) is 15.9. The monoisotopic (exact) mass is 318 g/mol. The number of unbranched alkanes of at least 4 members (excludes halogenated alkanes) is 1. The average molecular weight is 318 g/mol. The zero-order valence-corrected chi connectivity index (χ0v) is 13.4. The lowest BCUT2D eigenvalue weighted by molar-refractivity contribution is 0.252. The highest BCUT2D eigenvalue weighted by Crippen LogP contribution is 2.32. The number of amides is 2. The van der Waals surface area contributed by atoms with Crippen LogP contribution in [0.4, 0.5) is 9.93 Å². The number of thiazole rings is 1. The van der Waals surface area contributed by atoms with Gasteiger partial charge in [0.25, 0.3) is 0 Å². The number of nitrogens with zero attached hydrogens (tertiary/aromatic N) is 2. The van der Waals surface area contributed by atoms with Crippen molar-refractivity contribution in [2.45, 2.75) is 26.7 Å². The first-order valence-corrected chi connectivity index (χ1v) is 8.01. The largest absolute Gasteiger partial charge is 0.493 e. The number of carbonyl (C=O) groups is 1. The third kappa shape index (κ3) is 3.86. The molecule has 22 heavy (non-hydrogen) atoms. The van der Waals surface area contributed by atoms with Crippen LogP contribution >= 0.6 is 11.3 Å². The summed E-state index contributed by atoms with van der Waals surface area (Å²) in [7, 11) is 0. The van der Waals surface area contributed by atoms with Crippen molar-refractivity contribution in [2.75, 3.05) is 18.5 Å². The van der Waals surface area contributed by atoms with Crippen LogP contribution in [0.5, 0.6) is 5.75 Å². The van der Waals surface area contributed by atoms with Gasteiger partial charge in [-0.2, -0.15) is 5.26 Å². The third-order valence-electron chi connectivity index (χ3n) is 2.91. The van der Waals surface area contributed by atoms with Crippen molar-refractivity contribution in [3.05, 3.63) is 17.7 Å². The molecule has 0 atom stereocenters. The van der Waals surface area contributed by atoms with Crippen molar-refractivity contribution in [3.63, 3.8) is 0 Å². The second kappa shape index (κ2) is 7.61. The Morgan fingerprint density at radius 1 is 1.45 bits per heavy atom. The van der Waals surface area contributed by atoms with E-state index in [1.807, 2.05) is 6.92 Å². The highest BCUT2D eigenvalue weighted by molar-refractivity contribution is 7.22. The third-order valence-corrected chi connectivity index (χ3v) is 3.93. The maximum absolute atomic E-state index is 11.5. The van der Waals surface area contributed by atoms with Gasteiger partial charge in [0.2, 0.25) is 0 Å². The second-order valence-corrected chi connectivity index (χ2v) is 5.64. The number of aromatic nitrogens is 1. The Balaban J connectivity index is 2.26. The summed E-state index contributed by atoms with van der Waals surface area (Å²) in [5.41, 5.74) is 1.16. The highest BCUT2D eigenvalue weighted by Gasteiger charge is 2.12. The Labute approximate surface area is 133 Å². The van der Waals surface area contributed by atoms with Crippen molar-refractivity contribution >= 4 is 32.7 Å². The zero-order valence-electron chi connectivity index (χ0n) is 12.6. The van der Waals surface area contributed by atoms with Gasteiger partial charge in [0.1, 0.15) is 11.8 Å². The number of benzene rings is 1. The number of hydrogen-bond donors (Lipinski definition) is 2. The van der Waals surface area contributed by atoms with Crippen molar-refractivity contribution in [1.29, 1.82) is 5.26 Å². The number of urea groups is 1. The average Bonchev–Trinajstić information content (AvgIpc) is 2.89. The highest BCUT2D eigenvalue weighted by atomic mass is 32.1. The Morgan fingerprint density at radius 3 is 2.95 bits per heavy atom. The van der Waals surface area contributed by atoms with Crippen LogP contribution in [-0.4, -0.2) is 24.2 Å². The van der Waals surface area contributed by atoms with E-state index in [1.165, 1.54) is 11.3 Å². The van der Waals surface area contributed by atoms with Gasteiger partial charge in [-0.05, 0) is 19.4 Å². The first-order chi connectivity index (χ1) is 10.7. The molecular formula is C15H18N4O2S. The van der Waals surface area contributed by atoms with E-state index >= 15 is 0 Å². The number of carbonyl (C=O) groups excluding carboxylic acids is 1. The lowest BCUT2D eigenvalue weighted by atomic mass is 10.2. The molecule has 0 unspecified atom stereocenters. The lowest BCUT2D eigenvalue weighted by Gasteiger charge is -2.05. The molecule has 0 aliphatic heterocycles. The molecule has 0 aliphatic carbocycles. The Hall–Kier alpha value is -2.33. The summed E-state index contributed by atoms with van der Waals surface area (Å²) in [6.07, 6.45) is 2.01. The fourth-order valence-corrected chi connectivity index (χ4v) is 2.77. The second-order valence-electron chi connectivity index (χ2n) is 4.64. The van der Waals surface area contributed by atoms with Crippen molar-refractivity contribution in [2.24, 2.45) is 0 Å². The van der Waals surface area contributed by atoms with Gasteiger partial charge in [0, 0.05) is 12.6 Å². The Morgan fingerprint density at radius 2 is 2.27 bits per heavy atom. The van der Waals surface area contributed by atoms with Gasteiger partial charge in [-0.25, -0.2) is 9.78 Å². The van der Waals surface area contributed by atoms with E-state index in [2.05, 4.69) is 28.6 Å². The molecular weight excluding hydrogens is 300 g/mol. The molecule has 7 heteroatoms. The van der Waals surface area contributed by atoms with Crippen LogP contribution in [0, 0.1) is 11.3 Å². The molecule has 2 aromatic rings. The van der Waals surface area contributed by atoms with Gasteiger partial charge in [-0.3, -0.25) is 5.32 Å². The number of nitriles is 1. The summed E-state index contributed by atoms with van der Waals surface area (Å²) in [5, 5.41) is 15.0. The van der Waals surface area contributed by atoms with Crippen LogP contribution in [0.2, 0.25) is 0 Å².